The van der Waals surface area contributed by atoms with Crippen molar-refractivity contribution >= 4 is 0 Å². The van der Waals surface area contributed by atoms with E-state index in [9.17, 15) is 5.11 Å². The van der Waals surface area contributed by atoms with Crippen LogP contribution in [0.15, 0.2) is 28.8 Å². The third-order valence-corrected chi connectivity index (χ3v) is 2.32. The van der Waals surface area contributed by atoms with Gasteiger partial charge in [-0.3, -0.25) is 0 Å². The highest BCUT2D eigenvalue weighted by atomic mass is 16.5. The fourth-order valence-electron chi connectivity index (χ4n) is 1.48. The maximum atomic E-state index is 9.36. The molecule has 5 heteroatoms. The van der Waals surface area contributed by atoms with E-state index in [0.717, 1.165) is 0 Å². The van der Waals surface area contributed by atoms with Gasteiger partial charge in [-0.15, -0.1) is 0 Å². The summed E-state index contributed by atoms with van der Waals surface area (Å²) in [5.41, 5.74) is 0.687. The molecule has 0 amide bonds. The van der Waals surface area contributed by atoms with E-state index in [0.29, 0.717) is 23.9 Å². The normalized spacial score (nSPS) is 12.6. The molecule has 1 aromatic carbocycles. The smallest absolute Gasteiger partial charge is 0.258 e. The average molecular weight is 234 g/mol. The van der Waals surface area contributed by atoms with Crippen molar-refractivity contribution in [2.75, 3.05) is 6.61 Å². The van der Waals surface area contributed by atoms with E-state index < -0.39 is 0 Å². The molecule has 1 atom stereocenters. The number of hydrogen-bond donors (Lipinski definition) is 1. The van der Waals surface area contributed by atoms with Crippen molar-refractivity contribution in [2.45, 2.75) is 20.0 Å². The lowest BCUT2D eigenvalue weighted by Gasteiger charge is -2.04. The summed E-state index contributed by atoms with van der Waals surface area (Å²) in [6.07, 6.45) is -0.199. The van der Waals surface area contributed by atoms with Gasteiger partial charge in [0.15, 0.2) is 0 Å². The molecule has 0 aliphatic carbocycles. The molecule has 1 aromatic heterocycles. The highest BCUT2D eigenvalue weighted by Gasteiger charge is 2.14. The summed E-state index contributed by atoms with van der Waals surface area (Å²) < 4.78 is 10.5. The summed E-state index contributed by atoms with van der Waals surface area (Å²) in [7, 11) is 0. The predicted molar refractivity (Wildman–Crippen MR) is 61.4 cm³/mol. The number of phenolic OH excluding ortho intramolecular Hbond substituents is 1. The summed E-state index contributed by atoms with van der Waals surface area (Å²) in [6.45, 7) is 4.37. The van der Waals surface area contributed by atoms with E-state index >= 15 is 0 Å². The van der Waals surface area contributed by atoms with Gasteiger partial charge in [-0.1, -0.05) is 11.2 Å². The summed E-state index contributed by atoms with van der Waals surface area (Å²) in [5, 5.41) is 13.2. The van der Waals surface area contributed by atoms with Crippen LogP contribution in [0.2, 0.25) is 0 Å². The topological polar surface area (TPSA) is 68.4 Å². The van der Waals surface area contributed by atoms with Crippen molar-refractivity contribution in [3.63, 3.8) is 0 Å². The molecule has 0 saturated heterocycles. The number of benzene rings is 1. The Labute approximate surface area is 99.0 Å². The average Bonchev–Trinajstić information content (AvgIpc) is 2.78. The SMILES string of the molecule is CCOC(C)c1noc(-c2cccc(O)c2)n1. The van der Waals surface area contributed by atoms with E-state index in [2.05, 4.69) is 10.1 Å². The molecule has 0 fully saturated rings. The number of hydrogen-bond acceptors (Lipinski definition) is 5. The van der Waals surface area contributed by atoms with Crippen molar-refractivity contribution < 1.29 is 14.4 Å². The molecule has 5 nitrogen and oxygen atoms in total. The zero-order valence-corrected chi connectivity index (χ0v) is 9.75. The Hall–Kier alpha value is -1.88. The van der Waals surface area contributed by atoms with Gasteiger partial charge >= 0.3 is 0 Å². The van der Waals surface area contributed by atoms with Gasteiger partial charge in [-0.25, -0.2) is 0 Å². The molecule has 1 N–H and O–H groups in total. The molecule has 1 heterocycles. The second-order valence-corrected chi connectivity index (χ2v) is 3.61. The number of ether oxygens (including phenoxy) is 1. The molecule has 0 spiro atoms. The lowest BCUT2D eigenvalue weighted by molar-refractivity contribution is 0.0683. The van der Waals surface area contributed by atoms with Crippen LogP contribution in [0.5, 0.6) is 5.75 Å². The van der Waals surface area contributed by atoms with Crippen LogP contribution >= 0.6 is 0 Å². The number of phenols is 1. The molecule has 0 aliphatic heterocycles. The molecular weight excluding hydrogens is 220 g/mol. The lowest BCUT2D eigenvalue weighted by atomic mass is 10.2. The Morgan fingerprint density at radius 1 is 1.47 bits per heavy atom. The van der Waals surface area contributed by atoms with Crippen LogP contribution in [-0.4, -0.2) is 21.9 Å². The van der Waals surface area contributed by atoms with E-state index in [1.165, 1.54) is 0 Å². The fourth-order valence-corrected chi connectivity index (χ4v) is 1.48. The number of rotatable bonds is 4. The lowest BCUT2D eigenvalue weighted by Crippen LogP contribution is -2.01. The van der Waals surface area contributed by atoms with Crippen molar-refractivity contribution in [2.24, 2.45) is 0 Å². The van der Waals surface area contributed by atoms with Crippen LogP contribution < -0.4 is 0 Å². The molecule has 2 rings (SSSR count). The first kappa shape index (κ1) is 11.6. The molecular formula is C12H14N2O3. The summed E-state index contributed by atoms with van der Waals surface area (Å²) in [4.78, 5) is 4.23. The zero-order chi connectivity index (χ0) is 12.3. The van der Waals surface area contributed by atoms with Gasteiger partial charge in [-0.05, 0) is 32.0 Å². The Bertz CT molecular complexity index is 496. The second kappa shape index (κ2) is 4.97. The van der Waals surface area contributed by atoms with Gasteiger partial charge in [0.25, 0.3) is 5.89 Å². The van der Waals surface area contributed by atoms with Crippen LogP contribution in [0, 0.1) is 0 Å². The van der Waals surface area contributed by atoms with E-state index in [4.69, 9.17) is 9.26 Å². The van der Waals surface area contributed by atoms with Gasteiger partial charge in [0, 0.05) is 12.2 Å². The number of aromatic nitrogens is 2. The molecule has 90 valence electrons. The predicted octanol–water partition coefficient (Wildman–Crippen LogP) is 2.54. The zero-order valence-electron chi connectivity index (χ0n) is 9.75. The molecule has 0 radical (unpaired) electrons. The highest BCUT2D eigenvalue weighted by molar-refractivity contribution is 5.55. The van der Waals surface area contributed by atoms with Gasteiger partial charge in [0.1, 0.15) is 11.9 Å². The molecule has 17 heavy (non-hydrogen) atoms. The Morgan fingerprint density at radius 2 is 2.29 bits per heavy atom. The number of aromatic hydroxyl groups is 1. The maximum Gasteiger partial charge on any atom is 0.258 e. The molecule has 2 aromatic rings. The standard InChI is InChI=1S/C12H14N2O3/c1-3-16-8(2)11-13-12(17-14-11)9-5-4-6-10(15)7-9/h4-8,15H,3H2,1-2H3. The summed E-state index contributed by atoms with van der Waals surface area (Å²) >= 11 is 0. The van der Waals surface area contributed by atoms with E-state index in [1.54, 1.807) is 24.3 Å². The van der Waals surface area contributed by atoms with Crippen LogP contribution in [0.25, 0.3) is 11.5 Å². The van der Waals surface area contributed by atoms with Crippen LogP contribution in [-0.2, 0) is 4.74 Å². The minimum atomic E-state index is -0.199. The monoisotopic (exact) mass is 234 g/mol. The first-order chi connectivity index (χ1) is 8.20. The second-order valence-electron chi connectivity index (χ2n) is 3.61. The Morgan fingerprint density at radius 3 is 3.00 bits per heavy atom. The minimum absolute atomic E-state index is 0.167. The maximum absolute atomic E-state index is 9.36. The largest absolute Gasteiger partial charge is 0.508 e. The third kappa shape index (κ3) is 2.62. The minimum Gasteiger partial charge on any atom is -0.508 e. The van der Waals surface area contributed by atoms with Crippen LogP contribution in [0.4, 0.5) is 0 Å². The molecule has 0 saturated carbocycles. The first-order valence-corrected chi connectivity index (χ1v) is 5.45. The summed E-state index contributed by atoms with van der Waals surface area (Å²) in [5.74, 6) is 1.05. The molecule has 1 unspecified atom stereocenters. The molecule has 0 aliphatic rings. The molecule has 0 bridgehead atoms. The van der Waals surface area contributed by atoms with E-state index in [1.807, 2.05) is 13.8 Å². The van der Waals surface area contributed by atoms with Crippen molar-refractivity contribution in [3.8, 4) is 17.2 Å². The van der Waals surface area contributed by atoms with Crippen molar-refractivity contribution in [1.29, 1.82) is 0 Å². The van der Waals surface area contributed by atoms with Crippen molar-refractivity contribution in [1.82, 2.24) is 10.1 Å². The van der Waals surface area contributed by atoms with Gasteiger partial charge in [-0.2, -0.15) is 4.98 Å². The third-order valence-electron chi connectivity index (χ3n) is 2.32. The van der Waals surface area contributed by atoms with Crippen molar-refractivity contribution in [3.05, 3.63) is 30.1 Å². The summed E-state index contributed by atoms with van der Waals surface area (Å²) in [6, 6.07) is 6.68. The fraction of sp³-hybridized carbons (Fsp3) is 0.333. The van der Waals surface area contributed by atoms with Gasteiger partial charge in [0.05, 0.1) is 0 Å². The van der Waals surface area contributed by atoms with E-state index in [-0.39, 0.29) is 11.9 Å². The quantitative estimate of drug-likeness (QED) is 0.880. The van der Waals surface area contributed by atoms with Gasteiger partial charge in [0.2, 0.25) is 5.82 Å². The number of nitrogens with zero attached hydrogens (tertiary/aromatic N) is 2. The highest BCUT2D eigenvalue weighted by Crippen LogP contribution is 2.23. The Kier molecular flexibility index (Phi) is 3.39. The van der Waals surface area contributed by atoms with Crippen LogP contribution in [0.3, 0.4) is 0 Å². The van der Waals surface area contributed by atoms with Crippen LogP contribution in [0.1, 0.15) is 25.8 Å². The first-order valence-electron chi connectivity index (χ1n) is 5.45. The van der Waals surface area contributed by atoms with Gasteiger partial charge < -0.3 is 14.4 Å². The Balaban J connectivity index is 2.23.